The number of thiazole rings is 1. The standard InChI is InChI=1S/C21H15FN4O3S/c1-11-18(14-10-17(27)25(19(14)28)13-6-4-5-12(22)9-13)20(29)26(24-11)21-23-15-7-2-3-8-16(15)30-21/h2-9,14,24H,10H2,1H3/t14-/m1/s1. The summed E-state index contributed by atoms with van der Waals surface area (Å²) < 4.78 is 15.8. The number of nitrogens with one attached hydrogen (secondary N) is 1. The average Bonchev–Trinajstić information content (AvgIpc) is 3.35. The fourth-order valence-electron chi connectivity index (χ4n) is 3.80. The molecule has 5 rings (SSSR count). The van der Waals surface area contributed by atoms with Gasteiger partial charge in [0.05, 0.1) is 27.4 Å². The second-order valence-electron chi connectivity index (χ2n) is 7.06. The van der Waals surface area contributed by atoms with Gasteiger partial charge in [-0.1, -0.05) is 29.5 Å². The molecule has 9 heteroatoms. The number of aromatic amines is 1. The zero-order valence-corrected chi connectivity index (χ0v) is 16.6. The van der Waals surface area contributed by atoms with Gasteiger partial charge in [-0.3, -0.25) is 19.5 Å². The van der Waals surface area contributed by atoms with Gasteiger partial charge < -0.3 is 0 Å². The fourth-order valence-corrected chi connectivity index (χ4v) is 4.73. The number of carbonyl (C=O) groups excluding carboxylic acids is 2. The molecule has 4 aromatic rings. The SMILES string of the molecule is Cc1[nH]n(-c2nc3ccccc3s2)c(=O)c1[C@H]1CC(=O)N(c2cccc(F)c2)C1=O. The van der Waals surface area contributed by atoms with Crippen LogP contribution in [0.1, 0.15) is 23.6 Å². The van der Waals surface area contributed by atoms with E-state index in [9.17, 15) is 18.8 Å². The van der Waals surface area contributed by atoms with E-state index in [2.05, 4.69) is 10.1 Å². The Morgan fingerprint density at radius 1 is 1.13 bits per heavy atom. The van der Waals surface area contributed by atoms with Crippen molar-refractivity contribution in [1.82, 2.24) is 14.8 Å². The number of carbonyl (C=O) groups is 2. The van der Waals surface area contributed by atoms with Crippen molar-refractivity contribution in [2.75, 3.05) is 4.90 Å². The number of imide groups is 1. The summed E-state index contributed by atoms with van der Waals surface area (Å²) in [7, 11) is 0. The second-order valence-corrected chi connectivity index (χ2v) is 8.07. The van der Waals surface area contributed by atoms with Crippen LogP contribution in [0.5, 0.6) is 0 Å². The van der Waals surface area contributed by atoms with E-state index in [4.69, 9.17) is 0 Å². The molecule has 0 unspecified atom stereocenters. The smallest absolute Gasteiger partial charge is 0.277 e. The Morgan fingerprint density at radius 2 is 1.93 bits per heavy atom. The number of rotatable bonds is 3. The molecule has 2 aromatic carbocycles. The molecule has 1 atom stereocenters. The molecule has 3 heterocycles. The van der Waals surface area contributed by atoms with Gasteiger partial charge in [-0.2, -0.15) is 4.68 Å². The molecule has 150 valence electrons. The number of hydrogen-bond donors (Lipinski definition) is 1. The first kappa shape index (κ1) is 18.4. The highest BCUT2D eigenvalue weighted by atomic mass is 32.1. The molecule has 1 fully saturated rings. The largest absolute Gasteiger partial charge is 0.293 e. The topological polar surface area (TPSA) is 88.1 Å². The first-order chi connectivity index (χ1) is 14.4. The molecule has 1 N–H and O–H groups in total. The Kier molecular flexibility index (Phi) is 4.14. The molecule has 30 heavy (non-hydrogen) atoms. The van der Waals surface area contributed by atoms with Crippen LogP contribution in [0.3, 0.4) is 0 Å². The highest BCUT2D eigenvalue weighted by Gasteiger charge is 2.43. The quantitative estimate of drug-likeness (QED) is 0.514. The minimum Gasteiger partial charge on any atom is -0.293 e. The number of hydrogen-bond acceptors (Lipinski definition) is 5. The lowest BCUT2D eigenvalue weighted by atomic mass is 9.98. The van der Waals surface area contributed by atoms with E-state index in [1.165, 1.54) is 34.2 Å². The number of benzene rings is 2. The molecule has 1 aliphatic rings. The molecule has 0 saturated carbocycles. The predicted octanol–water partition coefficient (Wildman–Crippen LogP) is 3.27. The van der Waals surface area contributed by atoms with Crippen LogP contribution in [-0.2, 0) is 9.59 Å². The number of aryl methyl sites for hydroxylation is 1. The van der Waals surface area contributed by atoms with Crippen molar-refractivity contribution in [1.29, 1.82) is 0 Å². The lowest BCUT2D eigenvalue weighted by molar-refractivity contribution is -0.121. The highest BCUT2D eigenvalue weighted by Crippen LogP contribution is 2.33. The van der Waals surface area contributed by atoms with Gasteiger partial charge in [-0.15, -0.1) is 0 Å². The Hall–Kier alpha value is -3.59. The van der Waals surface area contributed by atoms with Gasteiger partial charge in [0.25, 0.3) is 5.56 Å². The summed E-state index contributed by atoms with van der Waals surface area (Å²) in [5.41, 5.74) is 1.23. The van der Waals surface area contributed by atoms with Gasteiger partial charge in [-0.05, 0) is 37.3 Å². The van der Waals surface area contributed by atoms with Crippen LogP contribution in [0.25, 0.3) is 15.3 Å². The van der Waals surface area contributed by atoms with E-state index in [0.717, 1.165) is 21.2 Å². The number of halogens is 1. The third-order valence-electron chi connectivity index (χ3n) is 5.15. The van der Waals surface area contributed by atoms with Gasteiger partial charge in [0, 0.05) is 12.1 Å². The molecular formula is C21H15FN4O3S. The maximum atomic E-state index is 13.6. The lowest BCUT2D eigenvalue weighted by Gasteiger charge is -2.14. The minimum atomic E-state index is -0.930. The number of anilines is 1. The molecular weight excluding hydrogens is 407 g/mol. The number of H-pyrrole nitrogens is 1. The fraction of sp³-hybridized carbons (Fsp3) is 0.143. The van der Waals surface area contributed by atoms with Crippen LogP contribution in [0.2, 0.25) is 0 Å². The number of fused-ring (bicyclic) bond motifs is 1. The normalized spacial score (nSPS) is 16.7. The molecule has 0 radical (unpaired) electrons. The van der Waals surface area contributed by atoms with Crippen LogP contribution in [0, 0.1) is 12.7 Å². The van der Waals surface area contributed by atoms with Crippen LogP contribution >= 0.6 is 11.3 Å². The lowest BCUT2D eigenvalue weighted by Crippen LogP contribution is -2.31. The Morgan fingerprint density at radius 3 is 2.70 bits per heavy atom. The summed E-state index contributed by atoms with van der Waals surface area (Å²) in [6.45, 7) is 1.68. The maximum Gasteiger partial charge on any atom is 0.277 e. The third kappa shape index (κ3) is 2.78. The van der Waals surface area contributed by atoms with Crippen molar-refractivity contribution >= 4 is 39.1 Å². The molecule has 0 aliphatic carbocycles. The third-order valence-corrected chi connectivity index (χ3v) is 6.17. The average molecular weight is 422 g/mol. The van der Waals surface area contributed by atoms with E-state index in [1.54, 1.807) is 6.92 Å². The van der Waals surface area contributed by atoms with E-state index in [-0.39, 0.29) is 17.7 Å². The van der Waals surface area contributed by atoms with Crippen molar-refractivity contribution in [3.63, 3.8) is 0 Å². The molecule has 2 amide bonds. The summed E-state index contributed by atoms with van der Waals surface area (Å²) in [5.74, 6) is -2.49. The summed E-state index contributed by atoms with van der Waals surface area (Å²) in [6, 6.07) is 12.8. The Bertz CT molecular complexity index is 1350. The molecule has 1 saturated heterocycles. The number of para-hydroxylation sites is 1. The summed E-state index contributed by atoms with van der Waals surface area (Å²) in [4.78, 5) is 44.2. The number of aromatic nitrogens is 3. The Balaban J connectivity index is 1.56. The molecule has 2 aromatic heterocycles. The molecule has 7 nitrogen and oxygen atoms in total. The van der Waals surface area contributed by atoms with E-state index in [1.807, 2.05) is 24.3 Å². The van der Waals surface area contributed by atoms with Crippen LogP contribution in [0.4, 0.5) is 10.1 Å². The van der Waals surface area contributed by atoms with Gasteiger partial charge in [-0.25, -0.2) is 14.3 Å². The molecule has 0 spiro atoms. The number of nitrogens with zero attached hydrogens (tertiary/aromatic N) is 3. The zero-order valence-electron chi connectivity index (χ0n) is 15.8. The summed E-state index contributed by atoms with van der Waals surface area (Å²) in [5, 5.41) is 3.43. The monoisotopic (exact) mass is 422 g/mol. The van der Waals surface area contributed by atoms with Gasteiger partial charge in [0.2, 0.25) is 16.9 Å². The van der Waals surface area contributed by atoms with Crippen LogP contribution in [-0.4, -0.2) is 26.6 Å². The van der Waals surface area contributed by atoms with E-state index in [0.29, 0.717) is 10.8 Å². The molecule has 1 aliphatic heterocycles. The van der Waals surface area contributed by atoms with Crippen molar-refractivity contribution in [2.24, 2.45) is 0 Å². The summed E-state index contributed by atoms with van der Waals surface area (Å²) >= 11 is 1.35. The zero-order chi connectivity index (χ0) is 21.0. The van der Waals surface area contributed by atoms with Gasteiger partial charge >= 0.3 is 0 Å². The second kappa shape index (κ2) is 6.74. The van der Waals surface area contributed by atoms with E-state index < -0.39 is 29.1 Å². The van der Waals surface area contributed by atoms with Crippen molar-refractivity contribution in [2.45, 2.75) is 19.3 Å². The number of amides is 2. The van der Waals surface area contributed by atoms with Crippen LogP contribution in [0.15, 0.2) is 53.3 Å². The maximum absolute atomic E-state index is 13.6. The first-order valence-corrected chi connectivity index (χ1v) is 10.1. The molecule has 0 bridgehead atoms. The minimum absolute atomic E-state index is 0.150. The van der Waals surface area contributed by atoms with Gasteiger partial charge in [0.1, 0.15) is 5.82 Å². The Labute approximate surface area is 173 Å². The van der Waals surface area contributed by atoms with Crippen molar-refractivity contribution in [3.05, 3.63) is 76.0 Å². The van der Waals surface area contributed by atoms with Crippen LogP contribution < -0.4 is 10.5 Å². The first-order valence-electron chi connectivity index (χ1n) is 9.24. The van der Waals surface area contributed by atoms with Crippen molar-refractivity contribution in [3.8, 4) is 5.13 Å². The summed E-state index contributed by atoms with van der Waals surface area (Å²) in [6.07, 6.45) is -0.150. The van der Waals surface area contributed by atoms with Crippen molar-refractivity contribution < 1.29 is 14.0 Å². The van der Waals surface area contributed by atoms with Gasteiger partial charge in [0.15, 0.2) is 0 Å². The van der Waals surface area contributed by atoms with E-state index >= 15 is 0 Å². The predicted molar refractivity (Wildman–Crippen MR) is 111 cm³/mol. The highest BCUT2D eigenvalue weighted by molar-refractivity contribution is 7.20.